The van der Waals surface area contributed by atoms with Gasteiger partial charge >= 0.3 is 0 Å². The van der Waals surface area contributed by atoms with Crippen molar-refractivity contribution in [2.45, 2.75) is 18.9 Å². The molecule has 4 heterocycles. The second-order valence-electron chi connectivity index (χ2n) is 7.25. The van der Waals surface area contributed by atoms with Crippen LogP contribution in [0.25, 0.3) is 16.8 Å². The van der Waals surface area contributed by atoms with Gasteiger partial charge in [-0.2, -0.15) is 14.0 Å². The Kier molecular flexibility index (Phi) is 7.50. The van der Waals surface area contributed by atoms with E-state index in [0.717, 1.165) is 36.6 Å². The second kappa shape index (κ2) is 9.95. The first-order valence-corrected chi connectivity index (χ1v) is 10.4. The molecule has 1 saturated heterocycles. The maximum atomic E-state index is 14.2. The highest BCUT2D eigenvalue weighted by Gasteiger charge is 2.22. The van der Waals surface area contributed by atoms with Gasteiger partial charge in [0.25, 0.3) is 0 Å². The molecular weight excluding hydrogens is 479 g/mol. The first kappa shape index (κ1) is 24.1. The van der Waals surface area contributed by atoms with Crippen molar-refractivity contribution in [2.24, 2.45) is 5.73 Å². The minimum atomic E-state index is -0.665. The van der Waals surface area contributed by atoms with Gasteiger partial charge in [0.15, 0.2) is 0 Å². The van der Waals surface area contributed by atoms with Crippen molar-refractivity contribution >= 4 is 58.5 Å². The molecular formula is C20H21Cl2F2N7S. The molecule has 3 aromatic heterocycles. The van der Waals surface area contributed by atoms with Crippen molar-refractivity contribution in [3.8, 4) is 11.3 Å². The monoisotopic (exact) mass is 499 g/mol. The van der Waals surface area contributed by atoms with Crippen molar-refractivity contribution in [1.29, 1.82) is 0 Å². The lowest BCUT2D eigenvalue weighted by Gasteiger charge is -2.31. The number of hydrogen-bond donors (Lipinski definition) is 2. The summed E-state index contributed by atoms with van der Waals surface area (Å²) in [5, 5.41) is 8.67. The molecule has 0 amide bonds. The van der Waals surface area contributed by atoms with Crippen molar-refractivity contribution < 1.29 is 8.78 Å². The number of piperidine rings is 1. The van der Waals surface area contributed by atoms with Crippen molar-refractivity contribution in [2.75, 3.05) is 23.3 Å². The molecule has 1 fully saturated rings. The fourth-order valence-electron chi connectivity index (χ4n) is 3.71. The lowest BCUT2D eigenvalue weighted by atomic mass is 10.1. The average molecular weight is 500 g/mol. The van der Waals surface area contributed by atoms with E-state index in [9.17, 15) is 8.78 Å². The molecule has 7 nitrogen and oxygen atoms in total. The van der Waals surface area contributed by atoms with Gasteiger partial charge in [0.05, 0.1) is 34.9 Å². The molecule has 12 heteroatoms. The highest BCUT2D eigenvalue weighted by Crippen LogP contribution is 2.34. The Hall–Kier alpha value is -2.53. The fourth-order valence-corrected chi connectivity index (χ4v) is 4.45. The maximum Gasteiger partial charge on any atom is 0.229 e. The van der Waals surface area contributed by atoms with E-state index in [4.69, 9.17) is 5.73 Å². The summed E-state index contributed by atoms with van der Waals surface area (Å²) in [6.45, 7) is 1.69. The fraction of sp³-hybridized carbons (Fsp3) is 0.250. The summed E-state index contributed by atoms with van der Waals surface area (Å²) in [7, 11) is 0. The van der Waals surface area contributed by atoms with Crippen LogP contribution in [0, 0.1) is 11.6 Å². The SMILES string of the molecule is Cl.Cl.N[C@H]1CCCN(c2sncc2Nc2ncc3ccc(-c4c(F)cccc4F)nn23)C1. The number of nitrogens with one attached hydrogen (secondary N) is 1. The topological polar surface area (TPSA) is 84.4 Å². The van der Waals surface area contributed by atoms with E-state index in [0.29, 0.717) is 11.5 Å². The molecule has 0 unspecified atom stereocenters. The second-order valence-corrected chi connectivity index (χ2v) is 8.03. The zero-order valence-electron chi connectivity index (χ0n) is 16.7. The Bertz CT molecular complexity index is 1200. The van der Waals surface area contributed by atoms with Crippen LogP contribution in [0.15, 0.2) is 42.7 Å². The summed E-state index contributed by atoms with van der Waals surface area (Å²) < 4.78 is 34.3. The molecule has 5 rings (SSSR count). The molecule has 0 aliphatic carbocycles. The Morgan fingerprint density at radius 3 is 2.62 bits per heavy atom. The van der Waals surface area contributed by atoms with Gasteiger partial charge < -0.3 is 16.0 Å². The number of hydrogen-bond acceptors (Lipinski definition) is 7. The summed E-state index contributed by atoms with van der Waals surface area (Å²) in [5.74, 6) is -0.893. The first-order valence-electron chi connectivity index (χ1n) is 9.61. The van der Waals surface area contributed by atoms with Crippen LogP contribution in [0.1, 0.15) is 12.8 Å². The Balaban J connectivity index is 0.00000144. The Labute approximate surface area is 199 Å². The molecule has 0 saturated carbocycles. The van der Waals surface area contributed by atoms with E-state index in [2.05, 4.69) is 24.7 Å². The average Bonchev–Trinajstić information content (AvgIpc) is 3.35. The number of nitrogens with zero attached hydrogens (tertiary/aromatic N) is 5. The normalized spacial score (nSPS) is 15.8. The molecule has 1 aromatic carbocycles. The number of halogens is 4. The summed E-state index contributed by atoms with van der Waals surface area (Å²) in [6, 6.07) is 7.20. The number of nitrogens with two attached hydrogens (primary N) is 1. The predicted molar refractivity (Wildman–Crippen MR) is 128 cm³/mol. The Morgan fingerprint density at radius 1 is 1.09 bits per heavy atom. The molecule has 0 bridgehead atoms. The van der Waals surface area contributed by atoms with Crippen LogP contribution in [0.2, 0.25) is 0 Å². The molecule has 1 aliphatic rings. The van der Waals surface area contributed by atoms with Crippen LogP contribution >= 0.6 is 36.3 Å². The lowest BCUT2D eigenvalue weighted by Crippen LogP contribution is -2.42. The van der Waals surface area contributed by atoms with Crippen molar-refractivity contribution in [1.82, 2.24) is 19.0 Å². The number of benzene rings is 1. The number of imidazole rings is 1. The van der Waals surface area contributed by atoms with Crippen molar-refractivity contribution in [3.05, 3.63) is 54.4 Å². The minimum Gasteiger partial charge on any atom is -0.359 e. The summed E-state index contributed by atoms with van der Waals surface area (Å²) in [6.07, 6.45) is 5.43. The van der Waals surface area contributed by atoms with E-state index in [1.165, 1.54) is 34.2 Å². The van der Waals surface area contributed by atoms with Gasteiger partial charge in [-0.05, 0) is 48.6 Å². The third-order valence-corrected chi connectivity index (χ3v) is 6.01. The molecule has 3 N–H and O–H groups in total. The number of aromatic nitrogens is 4. The van der Waals surface area contributed by atoms with E-state index in [1.807, 2.05) is 0 Å². The van der Waals surface area contributed by atoms with E-state index in [-0.39, 0.29) is 42.1 Å². The van der Waals surface area contributed by atoms with Crippen LogP contribution in [-0.4, -0.2) is 38.1 Å². The molecule has 0 radical (unpaired) electrons. The summed E-state index contributed by atoms with van der Waals surface area (Å²) in [4.78, 5) is 6.61. The standard InChI is InChI=1S/C20H19F2N7S.2ClH/c21-14-4-1-5-15(22)18(14)16-7-6-13-9-24-20(29(13)27-16)26-17-10-25-30-19(17)28-8-2-3-12(23)11-28;;/h1,4-7,9-10,12H,2-3,8,11,23H2,(H,24,26);2*1H/t12-;;/m0../s1. The highest BCUT2D eigenvalue weighted by atomic mass is 35.5. The van der Waals surface area contributed by atoms with Gasteiger partial charge in [-0.3, -0.25) is 0 Å². The van der Waals surface area contributed by atoms with Gasteiger partial charge in [0.2, 0.25) is 5.95 Å². The first-order chi connectivity index (χ1) is 14.6. The van der Waals surface area contributed by atoms with Crippen molar-refractivity contribution in [3.63, 3.8) is 0 Å². The van der Waals surface area contributed by atoms with Gasteiger partial charge in [-0.1, -0.05) is 6.07 Å². The van der Waals surface area contributed by atoms with Gasteiger partial charge in [0, 0.05) is 19.1 Å². The zero-order valence-corrected chi connectivity index (χ0v) is 19.2. The molecule has 1 atom stereocenters. The number of fused-ring (bicyclic) bond motifs is 1. The highest BCUT2D eigenvalue weighted by molar-refractivity contribution is 7.10. The maximum absolute atomic E-state index is 14.2. The smallest absolute Gasteiger partial charge is 0.229 e. The third-order valence-electron chi connectivity index (χ3n) is 5.15. The Morgan fingerprint density at radius 2 is 1.88 bits per heavy atom. The van der Waals surface area contributed by atoms with E-state index in [1.54, 1.807) is 24.5 Å². The number of anilines is 3. The molecule has 0 spiro atoms. The zero-order chi connectivity index (χ0) is 20.7. The third kappa shape index (κ3) is 4.49. The van der Waals surface area contributed by atoms with Gasteiger partial charge in [-0.25, -0.2) is 13.8 Å². The van der Waals surface area contributed by atoms with Gasteiger partial charge in [-0.15, -0.1) is 24.8 Å². The minimum absolute atomic E-state index is 0. The van der Waals surface area contributed by atoms with Crippen LogP contribution in [0.5, 0.6) is 0 Å². The molecule has 1 aliphatic heterocycles. The van der Waals surface area contributed by atoms with Crippen LogP contribution in [-0.2, 0) is 0 Å². The van der Waals surface area contributed by atoms with Crippen LogP contribution < -0.4 is 16.0 Å². The quantitative estimate of drug-likeness (QED) is 0.425. The lowest BCUT2D eigenvalue weighted by molar-refractivity contribution is 0.508. The summed E-state index contributed by atoms with van der Waals surface area (Å²) >= 11 is 1.39. The molecule has 170 valence electrons. The number of rotatable bonds is 4. The largest absolute Gasteiger partial charge is 0.359 e. The van der Waals surface area contributed by atoms with Crippen LogP contribution in [0.3, 0.4) is 0 Å². The molecule has 32 heavy (non-hydrogen) atoms. The molecule has 4 aromatic rings. The van der Waals surface area contributed by atoms with E-state index < -0.39 is 11.6 Å². The van der Waals surface area contributed by atoms with Gasteiger partial charge in [0.1, 0.15) is 16.6 Å². The van der Waals surface area contributed by atoms with Crippen LogP contribution in [0.4, 0.5) is 25.4 Å². The predicted octanol–water partition coefficient (Wildman–Crippen LogP) is 4.65. The van der Waals surface area contributed by atoms with E-state index >= 15 is 0 Å². The summed E-state index contributed by atoms with van der Waals surface area (Å²) in [5.41, 5.74) is 7.63.